The van der Waals surface area contributed by atoms with Crippen LogP contribution in [-0.4, -0.2) is 44.9 Å². The summed E-state index contributed by atoms with van der Waals surface area (Å²) in [5.41, 5.74) is 0. The van der Waals surface area contributed by atoms with Gasteiger partial charge in [0, 0.05) is 25.7 Å². The van der Waals surface area contributed by atoms with Crippen molar-refractivity contribution in [3.05, 3.63) is 0 Å². The van der Waals surface area contributed by atoms with E-state index in [1.807, 2.05) is 0 Å². The second kappa shape index (κ2) is 7.22. The van der Waals surface area contributed by atoms with E-state index in [4.69, 9.17) is 0 Å². The summed E-state index contributed by atoms with van der Waals surface area (Å²) in [6.07, 6.45) is 3.10. The average molecular weight is 312 g/mol. The van der Waals surface area contributed by atoms with Gasteiger partial charge in [0.1, 0.15) is 0 Å². The fourth-order valence-electron chi connectivity index (χ4n) is 3.04. The van der Waals surface area contributed by atoms with Crippen molar-refractivity contribution in [2.75, 3.05) is 26.2 Å². The number of halogens is 1. The summed E-state index contributed by atoms with van der Waals surface area (Å²) in [5.74, 6) is 0.907. The molecule has 0 aromatic carbocycles. The molecule has 0 aliphatic carbocycles. The SMILES string of the molecule is CC1CC(C)CN(S(=O)(=O)N[C@H]2CCCNC2)C1.Cl. The second-order valence-corrected chi connectivity index (χ2v) is 7.63. The molecule has 7 heteroatoms. The molecule has 2 N–H and O–H groups in total. The molecular weight excluding hydrogens is 286 g/mol. The molecule has 0 aromatic rings. The van der Waals surface area contributed by atoms with E-state index in [9.17, 15) is 8.42 Å². The monoisotopic (exact) mass is 311 g/mol. The van der Waals surface area contributed by atoms with E-state index in [0.29, 0.717) is 24.9 Å². The minimum absolute atomic E-state index is 0. The summed E-state index contributed by atoms with van der Waals surface area (Å²) in [4.78, 5) is 0. The fourth-order valence-corrected chi connectivity index (χ4v) is 4.71. The molecule has 2 aliphatic heterocycles. The lowest BCUT2D eigenvalue weighted by atomic mass is 9.94. The zero-order chi connectivity index (χ0) is 13.2. The molecule has 0 amide bonds. The van der Waals surface area contributed by atoms with E-state index in [2.05, 4.69) is 23.9 Å². The topological polar surface area (TPSA) is 61.4 Å². The molecule has 0 bridgehead atoms. The van der Waals surface area contributed by atoms with Crippen molar-refractivity contribution in [1.82, 2.24) is 14.3 Å². The largest absolute Gasteiger partial charge is 0.315 e. The Bertz CT molecular complexity index is 361. The summed E-state index contributed by atoms with van der Waals surface area (Å²) in [7, 11) is -3.31. The van der Waals surface area contributed by atoms with Crippen LogP contribution in [0.25, 0.3) is 0 Å². The predicted molar refractivity (Wildman–Crippen MR) is 79.7 cm³/mol. The zero-order valence-corrected chi connectivity index (χ0v) is 13.4. The Morgan fingerprint density at radius 2 is 1.84 bits per heavy atom. The summed E-state index contributed by atoms with van der Waals surface area (Å²) in [6, 6.07) is 0.0521. The normalized spacial score (nSPS) is 33.7. The molecule has 5 nitrogen and oxygen atoms in total. The lowest BCUT2D eigenvalue weighted by molar-refractivity contribution is 0.219. The van der Waals surface area contributed by atoms with Crippen LogP contribution < -0.4 is 10.0 Å². The highest BCUT2D eigenvalue weighted by atomic mass is 35.5. The minimum Gasteiger partial charge on any atom is -0.315 e. The van der Waals surface area contributed by atoms with Crippen molar-refractivity contribution in [2.45, 2.75) is 39.2 Å². The summed E-state index contributed by atoms with van der Waals surface area (Å²) >= 11 is 0. The molecule has 19 heavy (non-hydrogen) atoms. The van der Waals surface area contributed by atoms with E-state index in [-0.39, 0.29) is 18.4 Å². The van der Waals surface area contributed by atoms with Gasteiger partial charge in [0.05, 0.1) is 0 Å². The molecule has 0 saturated carbocycles. The van der Waals surface area contributed by atoms with Crippen molar-refractivity contribution in [2.24, 2.45) is 11.8 Å². The minimum atomic E-state index is -3.31. The van der Waals surface area contributed by atoms with Crippen LogP contribution in [0.1, 0.15) is 33.1 Å². The first-order valence-electron chi connectivity index (χ1n) is 6.95. The van der Waals surface area contributed by atoms with E-state index < -0.39 is 10.2 Å². The van der Waals surface area contributed by atoms with Crippen LogP contribution in [-0.2, 0) is 10.2 Å². The first kappa shape index (κ1) is 17.2. The molecule has 2 heterocycles. The molecule has 2 rings (SSSR count). The maximum absolute atomic E-state index is 12.3. The molecule has 2 fully saturated rings. The van der Waals surface area contributed by atoms with Gasteiger partial charge in [-0.25, -0.2) is 0 Å². The van der Waals surface area contributed by atoms with E-state index in [1.54, 1.807) is 4.31 Å². The lowest BCUT2D eigenvalue weighted by Crippen LogP contribution is -2.53. The second-order valence-electron chi connectivity index (χ2n) is 5.93. The van der Waals surface area contributed by atoms with Gasteiger partial charge in [-0.2, -0.15) is 17.4 Å². The quantitative estimate of drug-likeness (QED) is 0.816. The van der Waals surface area contributed by atoms with E-state index in [1.165, 1.54) is 0 Å². The van der Waals surface area contributed by atoms with Crippen molar-refractivity contribution < 1.29 is 8.42 Å². The number of nitrogens with one attached hydrogen (secondary N) is 2. The van der Waals surface area contributed by atoms with E-state index >= 15 is 0 Å². The highest BCUT2D eigenvalue weighted by molar-refractivity contribution is 7.87. The fraction of sp³-hybridized carbons (Fsp3) is 1.00. The Morgan fingerprint density at radius 1 is 1.21 bits per heavy atom. The average Bonchev–Trinajstić information content (AvgIpc) is 2.28. The van der Waals surface area contributed by atoms with Crippen molar-refractivity contribution >= 4 is 22.6 Å². The van der Waals surface area contributed by atoms with Crippen LogP contribution in [0, 0.1) is 11.8 Å². The lowest BCUT2D eigenvalue weighted by Gasteiger charge is -2.35. The van der Waals surface area contributed by atoms with Crippen LogP contribution in [0.4, 0.5) is 0 Å². The van der Waals surface area contributed by atoms with Gasteiger partial charge in [0.2, 0.25) is 0 Å². The number of hydrogen-bond donors (Lipinski definition) is 2. The summed E-state index contributed by atoms with van der Waals surface area (Å²) in [6.45, 7) is 7.30. The summed E-state index contributed by atoms with van der Waals surface area (Å²) < 4.78 is 29.1. The van der Waals surface area contributed by atoms with Gasteiger partial charge >= 0.3 is 0 Å². The molecule has 2 unspecified atom stereocenters. The van der Waals surface area contributed by atoms with Gasteiger partial charge in [-0.15, -0.1) is 12.4 Å². The van der Waals surface area contributed by atoms with Gasteiger partial charge in [-0.3, -0.25) is 0 Å². The first-order chi connectivity index (χ1) is 8.47. The first-order valence-corrected chi connectivity index (χ1v) is 8.39. The standard InChI is InChI=1S/C12H25N3O2S.ClH/c1-10-6-11(2)9-15(8-10)18(16,17)14-12-4-3-5-13-7-12;/h10-14H,3-9H2,1-2H3;1H/t10?,11?,12-;/m0./s1. The Labute approximate surface area is 123 Å². The van der Waals surface area contributed by atoms with Gasteiger partial charge in [-0.1, -0.05) is 13.8 Å². The Hall–Kier alpha value is 0.120. The smallest absolute Gasteiger partial charge is 0.279 e. The molecule has 2 aliphatic rings. The van der Waals surface area contributed by atoms with Crippen LogP contribution in [0.15, 0.2) is 0 Å². The third-order valence-electron chi connectivity index (χ3n) is 3.79. The number of rotatable bonds is 3. The molecule has 0 radical (unpaired) electrons. The maximum Gasteiger partial charge on any atom is 0.279 e. The molecular formula is C12H26ClN3O2S. The Kier molecular flexibility index (Phi) is 6.53. The van der Waals surface area contributed by atoms with E-state index in [0.717, 1.165) is 32.4 Å². The molecule has 0 aromatic heterocycles. The van der Waals surface area contributed by atoms with Crippen molar-refractivity contribution in [3.63, 3.8) is 0 Å². The Morgan fingerprint density at radius 3 is 2.37 bits per heavy atom. The third kappa shape index (κ3) is 4.86. The molecule has 2 saturated heterocycles. The zero-order valence-electron chi connectivity index (χ0n) is 11.8. The van der Waals surface area contributed by atoms with Gasteiger partial charge in [-0.05, 0) is 37.6 Å². The Balaban J connectivity index is 0.00000180. The molecule has 0 spiro atoms. The van der Waals surface area contributed by atoms with Crippen LogP contribution >= 0.6 is 12.4 Å². The molecule has 3 atom stereocenters. The third-order valence-corrected chi connectivity index (χ3v) is 5.40. The maximum atomic E-state index is 12.3. The molecule has 114 valence electrons. The highest BCUT2D eigenvalue weighted by Gasteiger charge is 2.32. The van der Waals surface area contributed by atoms with Crippen LogP contribution in [0.2, 0.25) is 0 Å². The van der Waals surface area contributed by atoms with Gasteiger partial charge < -0.3 is 5.32 Å². The van der Waals surface area contributed by atoms with Gasteiger partial charge in [0.25, 0.3) is 10.2 Å². The highest BCUT2D eigenvalue weighted by Crippen LogP contribution is 2.23. The number of piperidine rings is 2. The van der Waals surface area contributed by atoms with Crippen molar-refractivity contribution in [3.8, 4) is 0 Å². The number of nitrogens with zero attached hydrogens (tertiary/aromatic N) is 1. The van der Waals surface area contributed by atoms with Crippen molar-refractivity contribution in [1.29, 1.82) is 0 Å². The predicted octanol–water partition coefficient (Wildman–Crippen LogP) is 0.972. The summed E-state index contributed by atoms with van der Waals surface area (Å²) in [5, 5.41) is 3.23. The van der Waals surface area contributed by atoms with Crippen LogP contribution in [0.5, 0.6) is 0 Å². The van der Waals surface area contributed by atoms with Gasteiger partial charge in [0.15, 0.2) is 0 Å². The van der Waals surface area contributed by atoms with Crippen LogP contribution in [0.3, 0.4) is 0 Å². The number of hydrogen-bond acceptors (Lipinski definition) is 3.